The fraction of sp³-hybridized carbons (Fsp3) is 0.500. The molecule has 0 unspecified atom stereocenters. The SMILES string of the molecule is C[C@@H]1C[C@H](C)CN(Cc2cc3c(c(C(F)(F)F)c2)CN(c2cccc(C4(Cc5nncn5C)CC(C#N)C4)c2)C3=O)C1. The van der Waals surface area contributed by atoms with E-state index in [0.717, 1.165) is 30.9 Å². The van der Waals surface area contributed by atoms with Gasteiger partial charge in [-0.2, -0.15) is 18.4 Å². The smallest absolute Gasteiger partial charge is 0.321 e. The Kier molecular flexibility index (Phi) is 7.12. The molecule has 2 fully saturated rings. The Balaban J connectivity index is 1.31. The summed E-state index contributed by atoms with van der Waals surface area (Å²) in [6, 6.07) is 12.7. The van der Waals surface area contributed by atoms with Gasteiger partial charge in [0.15, 0.2) is 0 Å². The predicted octanol–water partition coefficient (Wildman–Crippen LogP) is 5.89. The average molecular weight is 577 g/mol. The highest BCUT2D eigenvalue weighted by molar-refractivity contribution is 6.10. The van der Waals surface area contributed by atoms with Gasteiger partial charge in [-0.15, -0.1) is 10.2 Å². The molecule has 1 amide bonds. The van der Waals surface area contributed by atoms with Crippen LogP contribution in [0.25, 0.3) is 0 Å². The number of fused-ring (bicyclic) bond motifs is 1. The topological polar surface area (TPSA) is 78.1 Å². The zero-order chi connectivity index (χ0) is 29.8. The number of alkyl halides is 3. The lowest BCUT2D eigenvalue weighted by Gasteiger charge is -2.45. The number of aryl methyl sites for hydroxylation is 1. The molecule has 6 rings (SSSR count). The summed E-state index contributed by atoms with van der Waals surface area (Å²) in [6.45, 7) is 6.25. The number of benzene rings is 2. The molecule has 2 aromatic carbocycles. The quantitative estimate of drug-likeness (QED) is 0.366. The average Bonchev–Trinajstić information content (AvgIpc) is 3.46. The number of halogens is 3. The van der Waals surface area contributed by atoms with Gasteiger partial charge in [-0.05, 0) is 72.1 Å². The largest absolute Gasteiger partial charge is 0.416 e. The van der Waals surface area contributed by atoms with Crippen molar-refractivity contribution in [1.29, 1.82) is 5.26 Å². The van der Waals surface area contributed by atoms with E-state index in [1.807, 2.05) is 29.8 Å². The number of nitriles is 1. The summed E-state index contributed by atoms with van der Waals surface area (Å²) in [5.41, 5.74) is 1.10. The molecule has 2 atom stereocenters. The number of hydrogen-bond acceptors (Lipinski definition) is 5. The van der Waals surface area contributed by atoms with Gasteiger partial charge in [-0.1, -0.05) is 26.0 Å². The van der Waals surface area contributed by atoms with E-state index in [4.69, 9.17) is 0 Å². The van der Waals surface area contributed by atoms with Gasteiger partial charge >= 0.3 is 6.18 Å². The molecule has 7 nitrogen and oxygen atoms in total. The highest BCUT2D eigenvalue weighted by Gasteiger charge is 2.47. The number of piperidine rings is 1. The minimum absolute atomic E-state index is 0.0315. The Labute approximate surface area is 243 Å². The second kappa shape index (κ2) is 10.5. The number of anilines is 1. The minimum atomic E-state index is -4.57. The number of carbonyl (C=O) groups excluding carboxylic acids is 1. The molecule has 0 bridgehead atoms. The van der Waals surface area contributed by atoms with Crippen LogP contribution in [0.1, 0.15) is 71.5 Å². The van der Waals surface area contributed by atoms with Crippen molar-refractivity contribution in [3.05, 3.63) is 76.4 Å². The van der Waals surface area contributed by atoms with Crippen LogP contribution in [0.2, 0.25) is 0 Å². The first-order chi connectivity index (χ1) is 20.0. The van der Waals surface area contributed by atoms with Gasteiger partial charge in [0.05, 0.1) is 18.2 Å². The number of amides is 1. The number of hydrogen-bond donors (Lipinski definition) is 0. The highest BCUT2D eigenvalue weighted by atomic mass is 19.4. The van der Waals surface area contributed by atoms with E-state index < -0.39 is 17.6 Å². The minimum Gasteiger partial charge on any atom is -0.321 e. The summed E-state index contributed by atoms with van der Waals surface area (Å²) < 4.78 is 44.9. The zero-order valence-corrected chi connectivity index (χ0v) is 24.2. The maximum atomic E-state index is 14.4. The first-order valence-corrected chi connectivity index (χ1v) is 14.6. The van der Waals surface area contributed by atoms with E-state index in [2.05, 4.69) is 35.0 Å². The Bertz CT molecular complexity index is 1540. The van der Waals surface area contributed by atoms with Gasteiger partial charge in [0.2, 0.25) is 0 Å². The fourth-order valence-electron chi connectivity index (χ4n) is 7.43. The van der Waals surface area contributed by atoms with E-state index in [0.29, 0.717) is 48.9 Å². The number of nitrogens with zero attached hydrogens (tertiary/aromatic N) is 6. The number of aromatic nitrogens is 3. The van der Waals surface area contributed by atoms with E-state index >= 15 is 0 Å². The molecule has 3 heterocycles. The molecule has 0 radical (unpaired) electrons. The molecule has 1 saturated carbocycles. The molecule has 10 heteroatoms. The molecule has 1 aliphatic carbocycles. The van der Waals surface area contributed by atoms with E-state index in [-0.39, 0.29) is 29.0 Å². The third-order valence-electron chi connectivity index (χ3n) is 9.29. The van der Waals surface area contributed by atoms with Crippen molar-refractivity contribution < 1.29 is 18.0 Å². The molecule has 3 aromatic rings. The molecular weight excluding hydrogens is 541 g/mol. The Morgan fingerprint density at radius 2 is 1.86 bits per heavy atom. The Hall–Kier alpha value is -3.71. The lowest BCUT2D eigenvalue weighted by atomic mass is 9.57. The standard InChI is InChI=1S/C32H35F3N6O/c1-20-7-21(2)16-40(15-20)17-22-8-26-27(28(9-22)32(33,34)35)18-41(30(26)42)25-6-4-5-24(10-25)31(11-23(12-31)14-36)13-29-38-37-19-39(29)3/h4-6,8-10,19-21,23H,7,11-13,15-18H2,1-3H3/t20-,21+,23?,31?. The van der Waals surface area contributed by atoms with Crippen LogP contribution in [0.5, 0.6) is 0 Å². The summed E-state index contributed by atoms with van der Waals surface area (Å²) in [7, 11) is 1.87. The third-order valence-corrected chi connectivity index (χ3v) is 9.29. The molecule has 0 spiro atoms. The van der Waals surface area contributed by atoms with Crippen LogP contribution in [0.15, 0.2) is 42.7 Å². The first kappa shape index (κ1) is 28.4. The molecule has 2 aliphatic heterocycles. The summed E-state index contributed by atoms with van der Waals surface area (Å²) in [5, 5.41) is 17.8. The van der Waals surface area contributed by atoms with Gasteiger partial charge in [0.1, 0.15) is 12.2 Å². The van der Waals surface area contributed by atoms with Crippen LogP contribution >= 0.6 is 0 Å². The molecule has 42 heavy (non-hydrogen) atoms. The van der Waals surface area contributed by atoms with Crippen molar-refractivity contribution in [2.24, 2.45) is 24.8 Å². The maximum Gasteiger partial charge on any atom is 0.416 e. The van der Waals surface area contributed by atoms with Crippen molar-refractivity contribution in [1.82, 2.24) is 19.7 Å². The van der Waals surface area contributed by atoms with Crippen LogP contribution in [-0.4, -0.2) is 38.7 Å². The van der Waals surface area contributed by atoms with Gasteiger partial charge < -0.3 is 9.47 Å². The van der Waals surface area contributed by atoms with Crippen molar-refractivity contribution in [3.8, 4) is 6.07 Å². The normalized spacial score (nSPS) is 26.2. The van der Waals surface area contributed by atoms with Crippen LogP contribution in [0.3, 0.4) is 0 Å². The molecule has 220 valence electrons. The predicted molar refractivity (Wildman–Crippen MR) is 151 cm³/mol. The van der Waals surface area contributed by atoms with Crippen LogP contribution in [-0.2, 0) is 38.1 Å². The number of likely N-dealkylation sites (tertiary alicyclic amines) is 1. The van der Waals surface area contributed by atoms with E-state index in [1.54, 1.807) is 18.5 Å². The molecule has 1 saturated heterocycles. The third kappa shape index (κ3) is 5.19. The molecule has 3 aliphatic rings. The monoisotopic (exact) mass is 576 g/mol. The van der Waals surface area contributed by atoms with Crippen molar-refractivity contribution in [2.75, 3.05) is 18.0 Å². The Morgan fingerprint density at radius 3 is 2.50 bits per heavy atom. The zero-order valence-electron chi connectivity index (χ0n) is 24.2. The maximum absolute atomic E-state index is 14.4. The number of carbonyl (C=O) groups is 1. The van der Waals surface area contributed by atoms with Gasteiger partial charge in [-0.25, -0.2) is 0 Å². The fourth-order valence-corrected chi connectivity index (χ4v) is 7.43. The van der Waals surface area contributed by atoms with Crippen molar-refractivity contribution in [2.45, 2.75) is 64.2 Å². The second-order valence-corrected chi connectivity index (χ2v) is 12.8. The second-order valence-electron chi connectivity index (χ2n) is 12.8. The van der Waals surface area contributed by atoms with Gasteiger partial charge in [0, 0.05) is 55.7 Å². The highest BCUT2D eigenvalue weighted by Crippen LogP contribution is 2.50. The lowest BCUT2D eigenvalue weighted by molar-refractivity contribution is -0.138. The van der Waals surface area contributed by atoms with Crippen LogP contribution in [0, 0.1) is 29.1 Å². The van der Waals surface area contributed by atoms with Gasteiger partial charge in [0.25, 0.3) is 5.91 Å². The molecular formula is C32H35F3N6O. The molecule has 1 aromatic heterocycles. The van der Waals surface area contributed by atoms with Gasteiger partial charge in [-0.3, -0.25) is 9.69 Å². The van der Waals surface area contributed by atoms with E-state index in [9.17, 15) is 23.2 Å². The van der Waals surface area contributed by atoms with E-state index in [1.165, 1.54) is 11.0 Å². The summed E-state index contributed by atoms with van der Waals surface area (Å²) >= 11 is 0. The summed E-state index contributed by atoms with van der Waals surface area (Å²) in [5.74, 6) is 1.25. The number of rotatable bonds is 6. The lowest BCUT2D eigenvalue weighted by Crippen LogP contribution is -2.43. The molecule has 0 N–H and O–H groups in total. The van der Waals surface area contributed by atoms with Crippen LogP contribution in [0.4, 0.5) is 18.9 Å². The van der Waals surface area contributed by atoms with Crippen molar-refractivity contribution >= 4 is 11.6 Å². The van der Waals surface area contributed by atoms with Crippen LogP contribution < -0.4 is 4.90 Å². The van der Waals surface area contributed by atoms with Crippen molar-refractivity contribution in [3.63, 3.8) is 0 Å². The first-order valence-electron chi connectivity index (χ1n) is 14.6. The summed E-state index contributed by atoms with van der Waals surface area (Å²) in [6.07, 6.45) is 0.0390. The summed E-state index contributed by atoms with van der Waals surface area (Å²) in [4.78, 5) is 17.4. The Morgan fingerprint density at radius 1 is 1.12 bits per heavy atom.